The summed E-state index contributed by atoms with van der Waals surface area (Å²) >= 11 is 6.15. The van der Waals surface area contributed by atoms with Gasteiger partial charge in [0.05, 0.1) is 35.1 Å². The van der Waals surface area contributed by atoms with Crippen LogP contribution >= 0.6 is 11.6 Å². The molecule has 3 rings (SSSR count). The second kappa shape index (κ2) is 6.01. The van der Waals surface area contributed by atoms with Crippen LogP contribution in [0, 0.1) is 11.3 Å². The lowest BCUT2D eigenvalue weighted by atomic mass is 10.2. The molecule has 5 heteroatoms. The highest BCUT2D eigenvalue weighted by Gasteiger charge is 2.31. The lowest BCUT2D eigenvalue weighted by Gasteiger charge is -2.35. The van der Waals surface area contributed by atoms with E-state index in [0.717, 1.165) is 25.4 Å². The maximum atomic E-state index is 8.82. The van der Waals surface area contributed by atoms with Crippen LogP contribution < -0.4 is 5.32 Å². The first-order valence-corrected chi connectivity index (χ1v) is 7.43. The molecule has 2 heterocycles. The molecule has 2 atom stereocenters. The summed E-state index contributed by atoms with van der Waals surface area (Å²) in [4.78, 5) is 2.52. The number of rotatable bonds is 3. The average Bonchev–Trinajstić information content (AvgIpc) is 2.93. The van der Waals surface area contributed by atoms with Crippen LogP contribution in [0.4, 0.5) is 5.69 Å². The molecule has 2 aliphatic heterocycles. The first kappa shape index (κ1) is 13.7. The van der Waals surface area contributed by atoms with Gasteiger partial charge in [0.15, 0.2) is 0 Å². The van der Waals surface area contributed by atoms with Crippen molar-refractivity contribution in [3.8, 4) is 6.07 Å². The minimum atomic E-state index is 0.205. The van der Waals surface area contributed by atoms with Crippen molar-refractivity contribution in [3.05, 3.63) is 28.8 Å². The normalized spacial score (nSPS) is 26.0. The standard InChI is InChI=1S/C15H18ClN3O/c16-14-6-11(7-17)3-4-15(14)18-8-13-9-19-5-1-2-12(19)10-20-13/h3-4,6,12-13,18H,1-2,5,8-10H2. The van der Waals surface area contributed by atoms with Crippen LogP contribution in [0.3, 0.4) is 0 Å². The number of nitrogens with one attached hydrogen (secondary N) is 1. The molecule has 2 aliphatic rings. The summed E-state index contributed by atoms with van der Waals surface area (Å²) in [6.07, 6.45) is 2.76. The Morgan fingerprint density at radius 1 is 1.50 bits per heavy atom. The highest BCUT2D eigenvalue weighted by Crippen LogP contribution is 2.25. The molecule has 0 aliphatic carbocycles. The van der Waals surface area contributed by atoms with E-state index in [1.807, 2.05) is 6.07 Å². The summed E-state index contributed by atoms with van der Waals surface area (Å²) < 4.78 is 5.90. The van der Waals surface area contributed by atoms with E-state index in [9.17, 15) is 0 Å². The molecule has 0 bridgehead atoms. The van der Waals surface area contributed by atoms with Crippen molar-refractivity contribution in [2.24, 2.45) is 0 Å². The summed E-state index contributed by atoms with van der Waals surface area (Å²) in [5.41, 5.74) is 1.44. The minimum Gasteiger partial charge on any atom is -0.381 e. The van der Waals surface area contributed by atoms with Crippen LogP contribution in [0.1, 0.15) is 18.4 Å². The Labute approximate surface area is 124 Å². The maximum absolute atomic E-state index is 8.82. The molecule has 1 aromatic carbocycles. The average molecular weight is 292 g/mol. The summed E-state index contributed by atoms with van der Waals surface area (Å²) in [5, 5.41) is 12.7. The Kier molecular flexibility index (Phi) is 4.11. The van der Waals surface area contributed by atoms with Crippen molar-refractivity contribution in [1.29, 1.82) is 5.26 Å². The van der Waals surface area contributed by atoms with Gasteiger partial charge < -0.3 is 10.1 Å². The van der Waals surface area contributed by atoms with Gasteiger partial charge in [0.25, 0.3) is 0 Å². The van der Waals surface area contributed by atoms with Crippen LogP contribution in [-0.4, -0.2) is 43.3 Å². The fourth-order valence-electron chi connectivity index (χ4n) is 2.96. The number of hydrogen-bond donors (Lipinski definition) is 1. The minimum absolute atomic E-state index is 0.205. The van der Waals surface area contributed by atoms with Gasteiger partial charge in [0.2, 0.25) is 0 Å². The van der Waals surface area contributed by atoms with Crippen LogP contribution in [0.15, 0.2) is 18.2 Å². The number of nitriles is 1. The molecule has 20 heavy (non-hydrogen) atoms. The molecule has 0 amide bonds. The second-order valence-corrected chi connectivity index (χ2v) is 5.84. The van der Waals surface area contributed by atoms with Crippen molar-refractivity contribution < 1.29 is 4.74 Å². The number of nitrogens with zero attached hydrogens (tertiary/aromatic N) is 2. The monoisotopic (exact) mass is 291 g/mol. The van der Waals surface area contributed by atoms with Crippen molar-refractivity contribution >= 4 is 17.3 Å². The zero-order valence-corrected chi connectivity index (χ0v) is 12.1. The van der Waals surface area contributed by atoms with Crippen LogP contribution in [0.2, 0.25) is 5.02 Å². The summed E-state index contributed by atoms with van der Waals surface area (Å²) in [6, 6.07) is 8.01. The van der Waals surface area contributed by atoms with Gasteiger partial charge >= 0.3 is 0 Å². The van der Waals surface area contributed by atoms with Gasteiger partial charge in [0, 0.05) is 19.1 Å². The molecule has 1 N–H and O–H groups in total. The van der Waals surface area contributed by atoms with Crippen LogP contribution in [0.5, 0.6) is 0 Å². The quantitative estimate of drug-likeness (QED) is 0.929. The number of morpholine rings is 1. The molecule has 2 fully saturated rings. The van der Waals surface area contributed by atoms with Gasteiger partial charge in [-0.05, 0) is 37.6 Å². The van der Waals surface area contributed by atoms with Crippen LogP contribution in [-0.2, 0) is 4.74 Å². The first-order chi connectivity index (χ1) is 9.76. The molecular weight excluding hydrogens is 274 g/mol. The highest BCUT2D eigenvalue weighted by molar-refractivity contribution is 6.33. The number of halogens is 1. The molecule has 106 valence electrons. The zero-order valence-electron chi connectivity index (χ0n) is 11.3. The molecular formula is C15H18ClN3O. The van der Waals surface area contributed by atoms with E-state index in [1.165, 1.54) is 19.4 Å². The fourth-order valence-corrected chi connectivity index (χ4v) is 3.21. The number of fused-ring (bicyclic) bond motifs is 1. The molecule has 4 nitrogen and oxygen atoms in total. The van der Waals surface area contributed by atoms with Crippen molar-refractivity contribution in [2.45, 2.75) is 25.0 Å². The Hall–Kier alpha value is -1.28. The fraction of sp³-hybridized carbons (Fsp3) is 0.533. The predicted molar refractivity (Wildman–Crippen MR) is 79.0 cm³/mol. The number of hydrogen-bond acceptors (Lipinski definition) is 4. The second-order valence-electron chi connectivity index (χ2n) is 5.43. The highest BCUT2D eigenvalue weighted by atomic mass is 35.5. The molecule has 0 saturated carbocycles. The van der Waals surface area contributed by atoms with E-state index in [1.54, 1.807) is 12.1 Å². The summed E-state index contributed by atoms with van der Waals surface area (Å²) in [7, 11) is 0. The summed E-state index contributed by atoms with van der Waals surface area (Å²) in [6.45, 7) is 3.77. The molecule has 0 radical (unpaired) electrons. The third kappa shape index (κ3) is 2.90. The third-order valence-corrected chi connectivity index (χ3v) is 4.39. The van der Waals surface area contributed by atoms with E-state index in [2.05, 4.69) is 16.3 Å². The third-order valence-electron chi connectivity index (χ3n) is 4.08. The Morgan fingerprint density at radius 2 is 2.40 bits per heavy atom. The smallest absolute Gasteiger partial charge is 0.0992 e. The SMILES string of the molecule is N#Cc1ccc(NCC2CN3CCCC3CO2)c(Cl)c1. The van der Waals surface area contributed by atoms with Crippen LogP contribution in [0.25, 0.3) is 0 Å². The van der Waals surface area contributed by atoms with E-state index in [4.69, 9.17) is 21.6 Å². The molecule has 2 saturated heterocycles. The van der Waals surface area contributed by atoms with Crippen molar-refractivity contribution in [1.82, 2.24) is 4.90 Å². The van der Waals surface area contributed by atoms with Gasteiger partial charge in [-0.25, -0.2) is 0 Å². The number of ether oxygens (including phenoxy) is 1. The zero-order chi connectivity index (χ0) is 13.9. The predicted octanol–water partition coefficient (Wildman–Crippen LogP) is 2.49. The molecule has 0 spiro atoms. The Morgan fingerprint density at radius 3 is 3.20 bits per heavy atom. The maximum Gasteiger partial charge on any atom is 0.0992 e. The number of anilines is 1. The lowest BCUT2D eigenvalue weighted by Crippen LogP contribution is -2.48. The largest absolute Gasteiger partial charge is 0.381 e. The Bertz CT molecular complexity index is 528. The molecule has 2 unspecified atom stereocenters. The van der Waals surface area contributed by atoms with Gasteiger partial charge in [-0.15, -0.1) is 0 Å². The summed E-state index contributed by atoms with van der Waals surface area (Å²) in [5.74, 6) is 0. The first-order valence-electron chi connectivity index (χ1n) is 7.05. The van der Waals surface area contributed by atoms with Gasteiger partial charge in [-0.3, -0.25) is 4.90 Å². The van der Waals surface area contributed by atoms with Gasteiger partial charge in [0.1, 0.15) is 0 Å². The lowest BCUT2D eigenvalue weighted by molar-refractivity contribution is -0.0415. The topological polar surface area (TPSA) is 48.3 Å². The van der Waals surface area contributed by atoms with E-state index < -0.39 is 0 Å². The Balaban J connectivity index is 1.56. The van der Waals surface area contributed by atoms with E-state index in [-0.39, 0.29) is 6.10 Å². The van der Waals surface area contributed by atoms with E-state index >= 15 is 0 Å². The van der Waals surface area contributed by atoms with Gasteiger partial charge in [-0.1, -0.05) is 11.6 Å². The van der Waals surface area contributed by atoms with E-state index in [0.29, 0.717) is 16.6 Å². The van der Waals surface area contributed by atoms with Gasteiger partial charge in [-0.2, -0.15) is 5.26 Å². The van der Waals surface area contributed by atoms with Crippen molar-refractivity contribution in [2.75, 3.05) is 31.6 Å². The molecule has 0 aromatic heterocycles. The van der Waals surface area contributed by atoms with Crippen molar-refractivity contribution in [3.63, 3.8) is 0 Å². The number of benzene rings is 1. The molecule has 1 aromatic rings.